The Hall–Kier alpha value is -2.13. The van der Waals surface area contributed by atoms with Crippen LogP contribution in [0.25, 0.3) is 11.0 Å². The molecule has 0 saturated carbocycles. The third-order valence-electron chi connectivity index (χ3n) is 4.88. The van der Waals surface area contributed by atoms with Gasteiger partial charge in [0.2, 0.25) is 0 Å². The van der Waals surface area contributed by atoms with Crippen molar-refractivity contribution >= 4 is 16.9 Å². The van der Waals surface area contributed by atoms with Crippen LogP contribution in [0.4, 0.5) is 5.82 Å². The lowest BCUT2D eigenvalue weighted by Gasteiger charge is -2.24. The molecule has 4 rings (SSSR count). The van der Waals surface area contributed by atoms with Crippen LogP contribution in [0.1, 0.15) is 12.8 Å². The lowest BCUT2D eigenvalue weighted by atomic mass is 9.86. The fourth-order valence-corrected chi connectivity index (χ4v) is 3.82. The highest BCUT2D eigenvalue weighted by atomic mass is 15.3. The van der Waals surface area contributed by atoms with Gasteiger partial charge in [-0.15, -0.1) is 0 Å². The molecule has 0 radical (unpaired) electrons. The van der Waals surface area contributed by atoms with E-state index in [1.54, 1.807) is 6.33 Å². The number of likely N-dealkylation sites (tertiary alicyclic amines) is 1. The van der Waals surface area contributed by atoms with Crippen molar-refractivity contribution in [2.75, 3.05) is 37.6 Å². The third kappa shape index (κ3) is 2.05. The zero-order chi connectivity index (χ0) is 14.3. The van der Waals surface area contributed by atoms with Crippen molar-refractivity contribution in [3.8, 4) is 6.07 Å². The molecule has 2 aliphatic rings. The molecule has 1 atom stereocenters. The molecule has 1 spiro atoms. The van der Waals surface area contributed by atoms with Crippen LogP contribution in [-0.4, -0.2) is 52.6 Å². The van der Waals surface area contributed by atoms with Gasteiger partial charge in [0.05, 0.1) is 18.0 Å². The van der Waals surface area contributed by atoms with E-state index in [2.05, 4.69) is 30.8 Å². The van der Waals surface area contributed by atoms with Crippen molar-refractivity contribution in [1.29, 1.82) is 5.26 Å². The summed E-state index contributed by atoms with van der Waals surface area (Å²) in [6, 6.07) is 4.32. The number of hydrogen-bond donors (Lipinski definition) is 1. The minimum absolute atomic E-state index is 0.338. The van der Waals surface area contributed by atoms with Crippen LogP contribution in [0, 0.1) is 16.7 Å². The monoisotopic (exact) mass is 282 g/mol. The zero-order valence-corrected chi connectivity index (χ0v) is 11.9. The van der Waals surface area contributed by atoms with E-state index in [4.69, 9.17) is 5.26 Å². The molecule has 108 valence electrons. The van der Waals surface area contributed by atoms with E-state index in [1.807, 2.05) is 12.3 Å². The van der Waals surface area contributed by atoms with Crippen molar-refractivity contribution in [2.24, 2.45) is 5.41 Å². The Balaban J connectivity index is 1.57. The van der Waals surface area contributed by atoms with Gasteiger partial charge in [0.15, 0.2) is 0 Å². The molecular formula is C15H18N6. The average molecular weight is 282 g/mol. The summed E-state index contributed by atoms with van der Waals surface area (Å²) in [6.07, 6.45) is 5.92. The Kier molecular flexibility index (Phi) is 2.82. The van der Waals surface area contributed by atoms with Gasteiger partial charge in [-0.2, -0.15) is 5.26 Å². The van der Waals surface area contributed by atoms with E-state index in [-0.39, 0.29) is 0 Å². The molecule has 2 fully saturated rings. The van der Waals surface area contributed by atoms with Crippen molar-refractivity contribution < 1.29 is 0 Å². The van der Waals surface area contributed by atoms with Crippen molar-refractivity contribution in [1.82, 2.24) is 19.9 Å². The number of nitrogens with one attached hydrogen (secondary N) is 1. The highest BCUT2D eigenvalue weighted by Gasteiger charge is 2.43. The van der Waals surface area contributed by atoms with Crippen molar-refractivity contribution in [3.05, 3.63) is 18.6 Å². The molecule has 6 heteroatoms. The summed E-state index contributed by atoms with van der Waals surface area (Å²) >= 11 is 0. The van der Waals surface area contributed by atoms with Crippen molar-refractivity contribution in [2.45, 2.75) is 12.8 Å². The second kappa shape index (κ2) is 4.71. The van der Waals surface area contributed by atoms with Crippen LogP contribution in [0.15, 0.2) is 18.6 Å². The molecule has 0 amide bonds. The molecule has 4 heterocycles. The molecule has 2 aliphatic heterocycles. The first-order valence-corrected chi connectivity index (χ1v) is 7.42. The largest absolute Gasteiger partial charge is 0.355 e. The molecule has 0 aliphatic carbocycles. The second-order valence-corrected chi connectivity index (χ2v) is 6.23. The number of rotatable bonds is 2. The average Bonchev–Trinajstić information content (AvgIpc) is 3.20. The minimum atomic E-state index is 0.338. The van der Waals surface area contributed by atoms with Crippen LogP contribution in [0.3, 0.4) is 0 Å². The van der Waals surface area contributed by atoms with Crippen LogP contribution < -0.4 is 4.90 Å². The Morgan fingerprint density at radius 3 is 3.10 bits per heavy atom. The van der Waals surface area contributed by atoms with E-state index >= 15 is 0 Å². The maximum absolute atomic E-state index is 8.86. The molecule has 2 aromatic heterocycles. The van der Waals surface area contributed by atoms with E-state index in [9.17, 15) is 0 Å². The summed E-state index contributed by atoms with van der Waals surface area (Å²) in [5.74, 6) is 1.04. The van der Waals surface area contributed by atoms with Gasteiger partial charge in [-0.3, -0.25) is 4.90 Å². The molecule has 0 aromatic carbocycles. The fraction of sp³-hybridized carbons (Fsp3) is 0.533. The first kappa shape index (κ1) is 12.6. The number of H-pyrrole nitrogens is 1. The van der Waals surface area contributed by atoms with Gasteiger partial charge >= 0.3 is 0 Å². The molecule has 0 bridgehead atoms. The van der Waals surface area contributed by atoms with E-state index in [0.717, 1.165) is 43.0 Å². The van der Waals surface area contributed by atoms with Gasteiger partial charge in [0.1, 0.15) is 17.8 Å². The lowest BCUT2D eigenvalue weighted by Crippen LogP contribution is -2.31. The smallest absolute Gasteiger partial charge is 0.142 e. The molecule has 21 heavy (non-hydrogen) atoms. The summed E-state index contributed by atoms with van der Waals surface area (Å²) in [7, 11) is 0. The molecular weight excluding hydrogens is 264 g/mol. The Bertz CT molecular complexity index is 701. The minimum Gasteiger partial charge on any atom is -0.355 e. The van der Waals surface area contributed by atoms with Gasteiger partial charge in [-0.25, -0.2) is 9.97 Å². The second-order valence-electron chi connectivity index (χ2n) is 6.23. The first-order chi connectivity index (χ1) is 10.3. The fourth-order valence-electron chi connectivity index (χ4n) is 3.82. The topological polar surface area (TPSA) is 71.8 Å². The van der Waals surface area contributed by atoms with Crippen LogP contribution in [-0.2, 0) is 0 Å². The van der Waals surface area contributed by atoms with E-state index in [1.165, 1.54) is 12.8 Å². The highest BCUT2D eigenvalue weighted by Crippen LogP contribution is 2.41. The number of aromatic amines is 1. The SMILES string of the molecule is N#CCN1CCC2(CCN(c3ncnc4[nH]ccc34)C2)C1. The predicted octanol–water partition coefficient (Wildman–Crippen LogP) is 1.38. The Morgan fingerprint density at radius 1 is 1.29 bits per heavy atom. The Labute approximate surface area is 123 Å². The number of aromatic nitrogens is 3. The van der Waals surface area contributed by atoms with E-state index in [0.29, 0.717) is 12.0 Å². The third-order valence-corrected chi connectivity index (χ3v) is 4.88. The number of fused-ring (bicyclic) bond motifs is 1. The molecule has 2 aromatic rings. The molecule has 2 saturated heterocycles. The number of nitrogens with zero attached hydrogens (tertiary/aromatic N) is 5. The highest BCUT2D eigenvalue weighted by molar-refractivity contribution is 5.87. The van der Waals surface area contributed by atoms with Gasteiger partial charge in [0, 0.05) is 31.2 Å². The quantitative estimate of drug-likeness (QED) is 0.843. The summed E-state index contributed by atoms with van der Waals surface area (Å²) in [4.78, 5) is 16.6. The summed E-state index contributed by atoms with van der Waals surface area (Å²) in [5.41, 5.74) is 1.24. The zero-order valence-electron chi connectivity index (χ0n) is 11.9. The number of anilines is 1. The maximum Gasteiger partial charge on any atom is 0.142 e. The molecule has 6 nitrogen and oxygen atoms in total. The summed E-state index contributed by atoms with van der Waals surface area (Å²) in [6.45, 7) is 4.71. The Morgan fingerprint density at radius 2 is 2.19 bits per heavy atom. The summed E-state index contributed by atoms with van der Waals surface area (Å²) in [5, 5.41) is 9.96. The van der Waals surface area contributed by atoms with E-state index < -0.39 is 0 Å². The van der Waals surface area contributed by atoms with Crippen LogP contribution in [0.2, 0.25) is 0 Å². The van der Waals surface area contributed by atoms with Crippen molar-refractivity contribution in [3.63, 3.8) is 0 Å². The van der Waals surface area contributed by atoms with Gasteiger partial charge in [-0.1, -0.05) is 0 Å². The normalized spacial score (nSPS) is 26.0. The van der Waals surface area contributed by atoms with Gasteiger partial charge in [-0.05, 0) is 25.5 Å². The van der Waals surface area contributed by atoms with Crippen LogP contribution in [0.5, 0.6) is 0 Å². The summed E-state index contributed by atoms with van der Waals surface area (Å²) < 4.78 is 0. The molecule has 1 unspecified atom stereocenters. The van der Waals surface area contributed by atoms with Gasteiger partial charge < -0.3 is 9.88 Å². The first-order valence-electron chi connectivity index (χ1n) is 7.42. The number of nitriles is 1. The van der Waals surface area contributed by atoms with Gasteiger partial charge in [0.25, 0.3) is 0 Å². The predicted molar refractivity (Wildman–Crippen MR) is 79.8 cm³/mol. The lowest BCUT2D eigenvalue weighted by molar-refractivity contribution is 0.297. The van der Waals surface area contributed by atoms with Crippen LogP contribution >= 0.6 is 0 Å². The number of hydrogen-bond acceptors (Lipinski definition) is 5. The standard InChI is InChI=1S/C15H18N6/c16-4-8-20-6-2-15(9-20)3-7-21(10-15)14-12-1-5-17-13(12)18-11-19-14/h1,5,11H,2-3,6-10H2,(H,17,18,19). The molecule has 1 N–H and O–H groups in total. The maximum atomic E-state index is 8.86.